The number of carbonyl (C=O) groups is 4. The van der Waals surface area contributed by atoms with Gasteiger partial charge in [0.25, 0.3) is 0 Å². The van der Waals surface area contributed by atoms with Gasteiger partial charge in [-0.15, -0.1) is 0 Å². The summed E-state index contributed by atoms with van der Waals surface area (Å²) in [6, 6.07) is 0. The molecule has 0 saturated heterocycles. The Morgan fingerprint density at radius 3 is 2.44 bits per heavy atom. The van der Waals surface area contributed by atoms with Crippen molar-refractivity contribution in [2.75, 3.05) is 20.8 Å². The highest BCUT2D eigenvalue weighted by Crippen LogP contribution is 2.39. The van der Waals surface area contributed by atoms with Crippen LogP contribution in [0.15, 0.2) is 11.6 Å². The Hall–Kier alpha value is -2.18. The van der Waals surface area contributed by atoms with Crippen LogP contribution in [0.1, 0.15) is 51.9 Å². The minimum atomic E-state index is -1.83. The Kier molecular flexibility index (Phi) is 8.31. The first-order chi connectivity index (χ1) is 11.9. The van der Waals surface area contributed by atoms with Gasteiger partial charge in [0, 0.05) is 12.8 Å². The molecule has 1 aliphatic rings. The zero-order valence-corrected chi connectivity index (χ0v) is 15.1. The van der Waals surface area contributed by atoms with E-state index in [0.717, 1.165) is 20.0 Å². The highest BCUT2D eigenvalue weighted by Gasteiger charge is 2.52. The number of hydrogen-bond acceptors (Lipinski definition) is 7. The van der Waals surface area contributed by atoms with Gasteiger partial charge in [-0.25, -0.2) is 4.79 Å². The average molecular weight is 354 g/mol. The molecule has 0 saturated carbocycles. The lowest BCUT2D eigenvalue weighted by molar-refractivity contribution is -0.160. The van der Waals surface area contributed by atoms with E-state index in [0.29, 0.717) is 12.8 Å². The Bertz CT molecular complexity index is 550. The summed E-state index contributed by atoms with van der Waals surface area (Å²) in [4.78, 5) is 49.7. The van der Waals surface area contributed by atoms with Gasteiger partial charge in [0.1, 0.15) is 0 Å². The molecular formula is C18H26O7. The zero-order valence-electron chi connectivity index (χ0n) is 15.1. The molecule has 0 aliphatic heterocycles. The van der Waals surface area contributed by atoms with E-state index >= 15 is 0 Å². The fraction of sp³-hybridized carbons (Fsp3) is 0.667. The minimum Gasteiger partial charge on any atom is -0.468 e. The summed E-state index contributed by atoms with van der Waals surface area (Å²) in [6.45, 7) is 1.86. The van der Waals surface area contributed by atoms with Gasteiger partial charge in [-0.1, -0.05) is 12.5 Å². The summed E-state index contributed by atoms with van der Waals surface area (Å²) in [5.74, 6) is -2.57. The topological polar surface area (TPSA) is 96.0 Å². The first kappa shape index (κ1) is 20.9. The van der Waals surface area contributed by atoms with Crippen LogP contribution in [0.25, 0.3) is 0 Å². The maximum atomic E-state index is 12.9. The van der Waals surface area contributed by atoms with E-state index in [1.54, 1.807) is 13.0 Å². The molecule has 0 aromatic rings. The van der Waals surface area contributed by atoms with E-state index in [1.165, 1.54) is 7.11 Å². The molecule has 0 amide bonds. The highest BCUT2D eigenvalue weighted by atomic mass is 16.5. The molecule has 1 rings (SSSR count). The summed E-state index contributed by atoms with van der Waals surface area (Å²) in [5, 5.41) is 0. The second kappa shape index (κ2) is 9.96. The molecule has 0 radical (unpaired) electrons. The molecule has 1 aliphatic carbocycles. The van der Waals surface area contributed by atoms with Crippen molar-refractivity contribution in [3.05, 3.63) is 11.6 Å². The second-order valence-electron chi connectivity index (χ2n) is 5.83. The molecule has 140 valence electrons. The monoisotopic (exact) mass is 354 g/mol. The van der Waals surface area contributed by atoms with Gasteiger partial charge >= 0.3 is 17.9 Å². The number of esters is 3. The predicted octanol–water partition coefficient (Wildman–Crippen LogP) is 2.12. The number of allylic oxidation sites excluding steroid dienone is 1. The van der Waals surface area contributed by atoms with Gasteiger partial charge in [-0.2, -0.15) is 0 Å². The van der Waals surface area contributed by atoms with Gasteiger partial charge in [0.15, 0.2) is 11.2 Å². The Morgan fingerprint density at radius 1 is 1.12 bits per heavy atom. The Morgan fingerprint density at radius 2 is 1.84 bits per heavy atom. The summed E-state index contributed by atoms with van der Waals surface area (Å²) in [7, 11) is 2.34. The van der Waals surface area contributed by atoms with Crippen LogP contribution in [0.3, 0.4) is 0 Å². The van der Waals surface area contributed by atoms with Gasteiger partial charge in [0.2, 0.25) is 0 Å². The summed E-state index contributed by atoms with van der Waals surface area (Å²) in [5.41, 5.74) is -1.88. The maximum Gasteiger partial charge on any atom is 0.335 e. The van der Waals surface area contributed by atoms with Gasteiger partial charge in [-0.3, -0.25) is 14.4 Å². The smallest absolute Gasteiger partial charge is 0.335 e. The number of ether oxygens (including phenoxy) is 3. The van der Waals surface area contributed by atoms with Crippen LogP contribution in [-0.4, -0.2) is 44.5 Å². The maximum absolute atomic E-state index is 12.9. The van der Waals surface area contributed by atoms with Crippen LogP contribution < -0.4 is 0 Å². The minimum absolute atomic E-state index is 0.0435. The van der Waals surface area contributed by atoms with Crippen molar-refractivity contribution in [3.8, 4) is 0 Å². The number of hydrogen-bond donors (Lipinski definition) is 0. The highest BCUT2D eigenvalue weighted by molar-refractivity contribution is 6.14. The molecule has 0 N–H and O–H groups in total. The predicted molar refractivity (Wildman–Crippen MR) is 88.5 cm³/mol. The van der Waals surface area contributed by atoms with Crippen LogP contribution in [0.2, 0.25) is 0 Å². The zero-order chi connectivity index (χ0) is 18.9. The number of rotatable bonds is 6. The van der Waals surface area contributed by atoms with E-state index in [1.807, 2.05) is 0 Å². The Balaban J connectivity index is 3.39. The van der Waals surface area contributed by atoms with Crippen LogP contribution >= 0.6 is 0 Å². The molecule has 7 heteroatoms. The SMILES string of the molecule is CCOC(=O)CCC1(C(=O)OC)C(=O)CCCCCC=C1C(=O)OC. The molecule has 0 bridgehead atoms. The van der Waals surface area contributed by atoms with Crippen molar-refractivity contribution >= 4 is 23.7 Å². The third-order valence-corrected chi connectivity index (χ3v) is 4.34. The fourth-order valence-electron chi connectivity index (χ4n) is 3.06. The lowest BCUT2D eigenvalue weighted by Crippen LogP contribution is -2.45. The van der Waals surface area contributed by atoms with Crippen molar-refractivity contribution in [2.24, 2.45) is 5.41 Å². The number of Topliss-reactive ketones (excluding diaryl/α,β-unsaturated/α-hetero) is 1. The van der Waals surface area contributed by atoms with E-state index < -0.39 is 29.1 Å². The molecule has 0 aromatic carbocycles. The summed E-state index contributed by atoms with van der Waals surface area (Å²) >= 11 is 0. The van der Waals surface area contributed by atoms with E-state index in [4.69, 9.17) is 14.2 Å². The molecule has 25 heavy (non-hydrogen) atoms. The normalized spacial score (nSPS) is 21.2. The lowest BCUT2D eigenvalue weighted by atomic mass is 9.71. The first-order valence-electron chi connectivity index (χ1n) is 8.50. The van der Waals surface area contributed by atoms with Crippen molar-refractivity contribution in [2.45, 2.75) is 51.9 Å². The largest absolute Gasteiger partial charge is 0.468 e. The van der Waals surface area contributed by atoms with Crippen LogP contribution in [0, 0.1) is 5.41 Å². The van der Waals surface area contributed by atoms with E-state index in [2.05, 4.69) is 0 Å². The molecule has 0 spiro atoms. The van der Waals surface area contributed by atoms with Gasteiger partial charge in [-0.05, 0) is 32.6 Å². The third kappa shape index (κ3) is 4.90. The molecule has 1 unspecified atom stereocenters. The Labute approximate surface area is 147 Å². The van der Waals surface area contributed by atoms with Gasteiger partial charge in [0.05, 0.1) is 26.4 Å². The van der Waals surface area contributed by atoms with Crippen molar-refractivity contribution in [1.29, 1.82) is 0 Å². The summed E-state index contributed by atoms with van der Waals surface area (Å²) in [6.07, 6.45) is 4.09. The van der Waals surface area contributed by atoms with E-state index in [9.17, 15) is 19.2 Å². The van der Waals surface area contributed by atoms with Crippen molar-refractivity contribution < 1.29 is 33.4 Å². The molecular weight excluding hydrogens is 328 g/mol. The quantitative estimate of drug-likeness (QED) is 0.409. The molecule has 0 heterocycles. The molecule has 1 atom stereocenters. The fourth-order valence-corrected chi connectivity index (χ4v) is 3.06. The van der Waals surface area contributed by atoms with Crippen molar-refractivity contribution in [1.82, 2.24) is 0 Å². The lowest BCUT2D eigenvalue weighted by Gasteiger charge is -2.30. The second-order valence-corrected chi connectivity index (χ2v) is 5.83. The van der Waals surface area contributed by atoms with E-state index in [-0.39, 0.29) is 31.4 Å². The van der Waals surface area contributed by atoms with Crippen LogP contribution in [-0.2, 0) is 33.4 Å². The summed E-state index contributed by atoms with van der Waals surface area (Å²) < 4.78 is 14.5. The first-order valence-corrected chi connectivity index (χ1v) is 8.50. The van der Waals surface area contributed by atoms with Crippen LogP contribution in [0.5, 0.6) is 0 Å². The standard InChI is InChI=1S/C18H26O7/c1-4-25-15(20)11-12-18(17(22)24-3)13(16(21)23-2)9-7-5-6-8-10-14(18)19/h9H,4-8,10-12H2,1-3H3. The van der Waals surface area contributed by atoms with Crippen molar-refractivity contribution in [3.63, 3.8) is 0 Å². The number of methoxy groups -OCH3 is 2. The molecule has 0 fully saturated rings. The average Bonchev–Trinajstić information content (AvgIpc) is 2.68. The van der Waals surface area contributed by atoms with Gasteiger partial charge < -0.3 is 14.2 Å². The number of ketones is 1. The molecule has 7 nitrogen and oxygen atoms in total. The third-order valence-electron chi connectivity index (χ3n) is 4.34. The number of carbonyl (C=O) groups excluding carboxylic acids is 4. The van der Waals surface area contributed by atoms with Crippen LogP contribution in [0.4, 0.5) is 0 Å². The molecule has 0 aromatic heterocycles.